The van der Waals surface area contributed by atoms with Crippen molar-refractivity contribution in [3.63, 3.8) is 0 Å². The van der Waals surface area contributed by atoms with Crippen molar-refractivity contribution in [2.45, 2.75) is 47.6 Å². The zero-order valence-electron chi connectivity index (χ0n) is 17.9. The molecule has 1 aromatic carbocycles. The smallest absolute Gasteiger partial charge is 0.423 e. The monoisotopic (exact) mass is 416 g/mol. The molecule has 0 saturated carbocycles. The molecule has 160 valence electrons. The molecular weight excluding hydrogens is 390 g/mol. The number of nitrogens with zero attached hydrogens (tertiary/aromatic N) is 3. The number of halogens is 1. The van der Waals surface area contributed by atoms with E-state index in [-0.39, 0.29) is 16.9 Å². The first kappa shape index (κ1) is 23.4. The molecule has 0 spiro atoms. The molecular formula is C20H26BFN4O4. The maximum atomic E-state index is 14.4. The van der Waals surface area contributed by atoms with E-state index < -0.39 is 36.2 Å². The first-order valence-corrected chi connectivity index (χ1v) is 9.43. The van der Waals surface area contributed by atoms with Crippen molar-refractivity contribution in [2.24, 2.45) is 5.41 Å². The topological polar surface area (TPSA) is 116 Å². The molecule has 0 fully saturated rings. The predicted octanol–water partition coefficient (Wildman–Crippen LogP) is 1.13. The molecule has 1 aromatic heterocycles. The number of rotatable bonds is 4. The van der Waals surface area contributed by atoms with Crippen molar-refractivity contribution in [1.82, 2.24) is 20.4 Å². The van der Waals surface area contributed by atoms with Crippen molar-refractivity contribution in [1.29, 1.82) is 0 Å². The maximum Gasteiger partial charge on any atom is 0.488 e. The van der Waals surface area contributed by atoms with Gasteiger partial charge in [0.2, 0.25) is 5.82 Å². The molecule has 10 heteroatoms. The Morgan fingerprint density at radius 1 is 1.13 bits per heavy atom. The number of benzene rings is 1. The van der Waals surface area contributed by atoms with Crippen LogP contribution in [0.3, 0.4) is 0 Å². The molecule has 3 N–H and O–H groups in total. The van der Waals surface area contributed by atoms with Gasteiger partial charge in [-0.25, -0.2) is 19.4 Å². The van der Waals surface area contributed by atoms with Gasteiger partial charge in [0.05, 0.1) is 11.6 Å². The number of carbonyl (C=O) groups is 2. The molecule has 0 aliphatic rings. The quantitative estimate of drug-likeness (QED) is 0.509. The summed E-state index contributed by atoms with van der Waals surface area (Å²) in [6.07, 6.45) is 0. The first-order chi connectivity index (χ1) is 13.8. The lowest BCUT2D eigenvalue weighted by molar-refractivity contribution is 0.0325. The molecule has 0 bridgehead atoms. The summed E-state index contributed by atoms with van der Waals surface area (Å²) in [6.45, 7) is 10.9. The molecule has 8 nitrogen and oxygen atoms in total. The van der Waals surface area contributed by atoms with Gasteiger partial charge in [0.1, 0.15) is 5.82 Å². The van der Waals surface area contributed by atoms with E-state index in [1.807, 2.05) is 20.8 Å². The van der Waals surface area contributed by atoms with Gasteiger partial charge in [0, 0.05) is 11.4 Å². The highest BCUT2D eigenvalue weighted by Crippen LogP contribution is 2.24. The van der Waals surface area contributed by atoms with Crippen molar-refractivity contribution >= 4 is 24.4 Å². The van der Waals surface area contributed by atoms with Gasteiger partial charge < -0.3 is 10.0 Å². The van der Waals surface area contributed by atoms with Gasteiger partial charge in [-0.3, -0.25) is 15.0 Å². The van der Waals surface area contributed by atoms with Crippen molar-refractivity contribution in [2.75, 3.05) is 0 Å². The van der Waals surface area contributed by atoms with Crippen LogP contribution in [0.25, 0.3) is 0 Å². The summed E-state index contributed by atoms with van der Waals surface area (Å²) in [6, 6.07) is 4.43. The highest BCUT2D eigenvalue weighted by atomic mass is 19.1. The van der Waals surface area contributed by atoms with Crippen LogP contribution in [0.4, 0.5) is 4.39 Å². The highest BCUT2D eigenvalue weighted by molar-refractivity contribution is 6.58. The van der Waals surface area contributed by atoms with E-state index in [1.165, 1.54) is 6.07 Å². The minimum atomic E-state index is -1.86. The van der Waals surface area contributed by atoms with Crippen LogP contribution in [0.2, 0.25) is 0 Å². The van der Waals surface area contributed by atoms with E-state index in [0.29, 0.717) is 11.4 Å². The van der Waals surface area contributed by atoms with E-state index in [1.54, 1.807) is 26.8 Å². The third-order valence-corrected chi connectivity index (χ3v) is 4.79. The summed E-state index contributed by atoms with van der Waals surface area (Å²) < 4.78 is 14.4. The molecule has 2 aromatic rings. The molecule has 2 amide bonds. The third-order valence-electron chi connectivity index (χ3n) is 4.79. The van der Waals surface area contributed by atoms with E-state index in [9.17, 15) is 14.0 Å². The molecule has 30 heavy (non-hydrogen) atoms. The molecule has 2 rings (SSSR count). The van der Waals surface area contributed by atoms with Gasteiger partial charge in [-0.05, 0) is 49.8 Å². The van der Waals surface area contributed by atoms with E-state index in [0.717, 1.165) is 17.1 Å². The van der Waals surface area contributed by atoms with E-state index >= 15 is 0 Å². The summed E-state index contributed by atoms with van der Waals surface area (Å²) in [4.78, 5) is 34.2. The van der Waals surface area contributed by atoms with Gasteiger partial charge in [0.25, 0.3) is 5.91 Å². The van der Waals surface area contributed by atoms with E-state index in [4.69, 9.17) is 10.0 Å². The number of amides is 2. The summed E-state index contributed by atoms with van der Waals surface area (Å²) in [5.74, 6) is -2.51. The number of aryl methyl sites for hydroxylation is 2. The zero-order chi connectivity index (χ0) is 22.8. The minimum absolute atomic E-state index is 0.0804. The molecule has 0 aliphatic heterocycles. The lowest BCUT2D eigenvalue weighted by Gasteiger charge is -2.37. The van der Waals surface area contributed by atoms with Crippen LogP contribution in [-0.4, -0.2) is 50.0 Å². The van der Waals surface area contributed by atoms with Crippen LogP contribution in [0, 0.1) is 25.1 Å². The Morgan fingerprint density at radius 2 is 1.70 bits per heavy atom. The number of carbonyl (C=O) groups excluding carboxylic acids is 2. The Labute approximate surface area is 175 Å². The third kappa shape index (κ3) is 5.40. The Balaban J connectivity index is 2.41. The second-order valence-electron chi connectivity index (χ2n) is 8.25. The van der Waals surface area contributed by atoms with Gasteiger partial charge in [0.15, 0.2) is 0 Å². The molecule has 0 unspecified atom stereocenters. The van der Waals surface area contributed by atoms with Crippen molar-refractivity contribution < 1.29 is 24.0 Å². The van der Waals surface area contributed by atoms with Gasteiger partial charge >= 0.3 is 13.0 Å². The van der Waals surface area contributed by atoms with Crippen molar-refractivity contribution in [3.8, 4) is 0 Å². The standard InChI is InChI=1S/C20H26BFN4O4/c1-11-9-12(2)24-17(23-11)19(28)26(13(3)20(4,5)6)25-18(27)15-8-7-14(21(29)30)10-16(15)22/h7-10,13,29-30H,1-6H3,(H,25,27)/t13-/m1/s1. The second-order valence-corrected chi connectivity index (χ2v) is 8.25. The first-order valence-electron chi connectivity index (χ1n) is 9.43. The summed E-state index contributed by atoms with van der Waals surface area (Å²) in [5, 5.41) is 19.4. The second kappa shape index (κ2) is 8.89. The molecule has 1 atom stereocenters. The average molecular weight is 416 g/mol. The van der Waals surface area contributed by atoms with Gasteiger partial charge in [-0.2, -0.15) is 0 Å². The van der Waals surface area contributed by atoms with Crippen LogP contribution in [0.15, 0.2) is 24.3 Å². The minimum Gasteiger partial charge on any atom is -0.423 e. The fraction of sp³-hybridized carbons (Fsp3) is 0.400. The summed E-state index contributed by atoms with van der Waals surface area (Å²) in [5.41, 5.74) is 2.80. The molecule has 0 saturated heterocycles. The predicted molar refractivity (Wildman–Crippen MR) is 110 cm³/mol. The average Bonchev–Trinajstić information content (AvgIpc) is 2.63. The maximum absolute atomic E-state index is 14.4. The SMILES string of the molecule is Cc1cc(C)nc(C(=O)N(NC(=O)c2ccc(B(O)O)cc2F)[C@H](C)C(C)(C)C)n1. The number of hydrogen-bond donors (Lipinski definition) is 3. The lowest BCUT2D eigenvalue weighted by atomic mass is 9.80. The van der Waals surface area contributed by atoms with Crippen LogP contribution in [0.1, 0.15) is 60.1 Å². The number of nitrogens with one attached hydrogen (secondary N) is 1. The highest BCUT2D eigenvalue weighted by Gasteiger charge is 2.34. The van der Waals surface area contributed by atoms with Gasteiger partial charge in [-0.1, -0.05) is 26.8 Å². The lowest BCUT2D eigenvalue weighted by Crippen LogP contribution is -2.55. The summed E-state index contributed by atoms with van der Waals surface area (Å²) >= 11 is 0. The van der Waals surface area contributed by atoms with Gasteiger partial charge in [-0.15, -0.1) is 0 Å². The Kier molecular flexibility index (Phi) is 6.94. The fourth-order valence-electron chi connectivity index (χ4n) is 2.69. The van der Waals surface area contributed by atoms with Crippen LogP contribution >= 0.6 is 0 Å². The Bertz CT molecular complexity index is 942. The Hall–Kier alpha value is -2.85. The molecule has 1 heterocycles. The zero-order valence-corrected chi connectivity index (χ0v) is 17.9. The van der Waals surface area contributed by atoms with Crippen LogP contribution in [0.5, 0.6) is 0 Å². The van der Waals surface area contributed by atoms with Crippen molar-refractivity contribution in [3.05, 3.63) is 52.9 Å². The number of hydrazine groups is 1. The van der Waals surface area contributed by atoms with E-state index in [2.05, 4.69) is 15.4 Å². The van der Waals surface area contributed by atoms with Crippen LogP contribution in [-0.2, 0) is 0 Å². The molecule has 0 radical (unpaired) electrons. The largest absolute Gasteiger partial charge is 0.488 e. The normalized spacial score (nSPS) is 12.3. The fourth-order valence-corrected chi connectivity index (χ4v) is 2.69. The molecule has 0 aliphatic carbocycles. The summed E-state index contributed by atoms with van der Waals surface area (Å²) in [7, 11) is -1.86. The number of hydrogen-bond acceptors (Lipinski definition) is 6. The number of aromatic nitrogens is 2. The Morgan fingerprint density at radius 3 is 2.17 bits per heavy atom. The van der Waals surface area contributed by atoms with Crippen LogP contribution < -0.4 is 10.9 Å².